The molecule has 0 bridgehead atoms. The third kappa shape index (κ3) is 1.85. The number of nitrogens with zero attached hydrogens (tertiary/aromatic N) is 1. The van der Waals surface area contributed by atoms with Gasteiger partial charge in [0.15, 0.2) is 0 Å². The lowest BCUT2D eigenvalue weighted by Gasteiger charge is -2.26. The molecule has 2 N–H and O–H groups in total. The Bertz CT molecular complexity index is 396. The van der Waals surface area contributed by atoms with E-state index < -0.39 is 0 Å². The minimum atomic E-state index is 0.0195. The van der Waals surface area contributed by atoms with Crippen LogP contribution in [0.5, 0.6) is 0 Å². The minimum absolute atomic E-state index is 0.0195. The van der Waals surface area contributed by atoms with E-state index in [4.69, 9.17) is 5.73 Å². The van der Waals surface area contributed by atoms with Gasteiger partial charge in [0.2, 0.25) is 0 Å². The molecule has 0 aliphatic heterocycles. The monoisotopic (exact) mass is 256 g/mol. The van der Waals surface area contributed by atoms with Crippen molar-refractivity contribution >= 4 is 21.6 Å². The topological polar surface area (TPSA) is 48.0 Å². The number of anilines is 1. The zero-order chi connectivity index (χ0) is 10.1. The average molecular weight is 257 g/mol. The third-order valence-electron chi connectivity index (χ3n) is 2.74. The van der Waals surface area contributed by atoms with Crippen molar-refractivity contribution in [2.45, 2.75) is 25.8 Å². The van der Waals surface area contributed by atoms with Crippen molar-refractivity contribution in [2.24, 2.45) is 5.92 Å². The van der Waals surface area contributed by atoms with Crippen LogP contribution in [0.4, 0.5) is 5.69 Å². The molecule has 1 heterocycles. The van der Waals surface area contributed by atoms with Gasteiger partial charge in [-0.05, 0) is 40.8 Å². The first kappa shape index (κ1) is 9.77. The van der Waals surface area contributed by atoms with Crippen LogP contribution in [0.25, 0.3) is 0 Å². The Morgan fingerprint density at radius 1 is 1.57 bits per heavy atom. The van der Waals surface area contributed by atoms with Gasteiger partial charge in [0, 0.05) is 18.4 Å². The fourth-order valence-electron chi connectivity index (χ4n) is 1.71. The van der Waals surface area contributed by atoms with Crippen LogP contribution in [-0.2, 0) is 6.54 Å². The fourth-order valence-corrected chi connectivity index (χ4v) is 2.20. The molecule has 1 fully saturated rings. The number of rotatable bonds is 2. The van der Waals surface area contributed by atoms with Crippen molar-refractivity contribution in [3.63, 3.8) is 0 Å². The van der Waals surface area contributed by atoms with Crippen LogP contribution in [0.1, 0.15) is 19.3 Å². The highest BCUT2D eigenvalue weighted by atomic mass is 79.9. The largest absolute Gasteiger partial charge is 0.398 e. The molecule has 1 aromatic rings. The van der Waals surface area contributed by atoms with Crippen molar-refractivity contribution in [3.8, 4) is 0 Å². The first-order valence-corrected chi connectivity index (χ1v) is 5.61. The predicted molar refractivity (Wildman–Crippen MR) is 60.2 cm³/mol. The molecule has 0 radical (unpaired) electrons. The molecule has 0 unspecified atom stereocenters. The Balaban J connectivity index is 2.27. The van der Waals surface area contributed by atoms with Gasteiger partial charge < -0.3 is 10.3 Å². The van der Waals surface area contributed by atoms with Gasteiger partial charge in [0.05, 0.1) is 4.47 Å². The lowest BCUT2D eigenvalue weighted by Crippen LogP contribution is -2.27. The minimum Gasteiger partial charge on any atom is -0.398 e. The summed E-state index contributed by atoms with van der Waals surface area (Å²) in [4.78, 5) is 11.7. The normalized spacial score (nSPS) is 16.6. The van der Waals surface area contributed by atoms with E-state index in [0.29, 0.717) is 16.1 Å². The van der Waals surface area contributed by atoms with Gasteiger partial charge in [-0.15, -0.1) is 0 Å². The van der Waals surface area contributed by atoms with Gasteiger partial charge in [-0.3, -0.25) is 4.79 Å². The summed E-state index contributed by atoms with van der Waals surface area (Å²) < 4.78 is 2.26. The number of nitrogen functional groups attached to an aromatic ring is 1. The summed E-state index contributed by atoms with van der Waals surface area (Å²) in [6.07, 6.45) is 5.49. The first-order chi connectivity index (χ1) is 6.66. The SMILES string of the molecule is Nc1cc(Br)c(=O)n(CC2CCC2)c1. The van der Waals surface area contributed by atoms with Crippen molar-refractivity contribution in [2.75, 3.05) is 5.73 Å². The molecule has 2 rings (SSSR count). The Kier molecular flexibility index (Phi) is 2.63. The standard InChI is InChI=1S/C10H13BrN2O/c11-9-4-8(12)6-13(10(9)14)5-7-2-1-3-7/h4,6-7H,1-3,5,12H2. The summed E-state index contributed by atoms with van der Waals surface area (Å²) in [5, 5.41) is 0. The highest BCUT2D eigenvalue weighted by molar-refractivity contribution is 9.10. The van der Waals surface area contributed by atoms with Gasteiger partial charge in [-0.1, -0.05) is 6.42 Å². The molecule has 3 nitrogen and oxygen atoms in total. The van der Waals surface area contributed by atoms with Gasteiger partial charge in [-0.25, -0.2) is 0 Å². The van der Waals surface area contributed by atoms with E-state index in [-0.39, 0.29) is 5.56 Å². The molecule has 1 saturated carbocycles. The number of pyridine rings is 1. The van der Waals surface area contributed by atoms with Gasteiger partial charge in [0.25, 0.3) is 5.56 Å². The molecule has 1 aliphatic carbocycles. The van der Waals surface area contributed by atoms with E-state index in [0.717, 1.165) is 6.54 Å². The van der Waals surface area contributed by atoms with Gasteiger partial charge >= 0.3 is 0 Å². The molecule has 0 aromatic carbocycles. The van der Waals surface area contributed by atoms with E-state index in [9.17, 15) is 4.79 Å². The zero-order valence-electron chi connectivity index (χ0n) is 7.87. The Morgan fingerprint density at radius 2 is 2.29 bits per heavy atom. The van der Waals surface area contributed by atoms with E-state index in [2.05, 4.69) is 15.9 Å². The smallest absolute Gasteiger partial charge is 0.264 e. The van der Waals surface area contributed by atoms with Crippen LogP contribution < -0.4 is 11.3 Å². The van der Waals surface area contributed by atoms with E-state index in [1.165, 1.54) is 19.3 Å². The van der Waals surface area contributed by atoms with Crippen LogP contribution in [0, 0.1) is 5.92 Å². The zero-order valence-corrected chi connectivity index (χ0v) is 9.46. The summed E-state index contributed by atoms with van der Waals surface area (Å²) in [5.74, 6) is 0.668. The Hall–Kier alpha value is -0.770. The van der Waals surface area contributed by atoms with E-state index >= 15 is 0 Å². The van der Waals surface area contributed by atoms with Crippen molar-refractivity contribution < 1.29 is 0 Å². The molecular formula is C10H13BrN2O. The number of hydrogen-bond donors (Lipinski definition) is 1. The molecule has 0 amide bonds. The van der Waals surface area contributed by atoms with Gasteiger partial charge in [-0.2, -0.15) is 0 Å². The Labute approximate surface area is 91.0 Å². The predicted octanol–water partition coefficient (Wildman–Crippen LogP) is 1.99. The van der Waals surface area contributed by atoms with E-state index in [1.807, 2.05) is 0 Å². The van der Waals surface area contributed by atoms with E-state index in [1.54, 1.807) is 16.8 Å². The summed E-state index contributed by atoms with van der Waals surface area (Å²) in [6.45, 7) is 0.808. The number of hydrogen-bond acceptors (Lipinski definition) is 2. The number of nitrogens with two attached hydrogens (primary N) is 1. The molecule has 4 heteroatoms. The maximum Gasteiger partial charge on any atom is 0.264 e. The first-order valence-electron chi connectivity index (χ1n) is 4.82. The van der Waals surface area contributed by atoms with Gasteiger partial charge in [0.1, 0.15) is 0 Å². The van der Waals surface area contributed by atoms with Crippen molar-refractivity contribution in [1.82, 2.24) is 4.57 Å². The highest BCUT2D eigenvalue weighted by Crippen LogP contribution is 2.27. The lowest BCUT2D eigenvalue weighted by atomic mass is 9.85. The highest BCUT2D eigenvalue weighted by Gasteiger charge is 2.18. The van der Waals surface area contributed by atoms with Crippen LogP contribution in [0.2, 0.25) is 0 Å². The summed E-state index contributed by atoms with van der Waals surface area (Å²) in [6, 6.07) is 1.65. The fraction of sp³-hybridized carbons (Fsp3) is 0.500. The van der Waals surface area contributed by atoms with Crippen LogP contribution >= 0.6 is 15.9 Å². The molecule has 1 aliphatic rings. The second-order valence-electron chi connectivity index (χ2n) is 3.88. The summed E-state index contributed by atoms with van der Waals surface area (Å²) >= 11 is 3.21. The molecule has 76 valence electrons. The Morgan fingerprint density at radius 3 is 2.86 bits per heavy atom. The molecule has 14 heavy (non-hydrogen) atoms. The van der Waals surface area contributed by atoms with Crippen molar-refractivity contribution in [1.29, 1.82) is 0 Å². The summed E-state index contributed by atoms with van der Waals surface area (Å²) in [7, 11) is 0. The molecular weight excluding hydrogens is 244 g/mol. The second kappa shape index (κ2) is 3.77. The average Bonchev–Trinajstić information content (AvgIpc) is 2.05. The molecule has 0 saturated heterocycles. The summed E-state index contributed by atoms with van der Waals surface area (Å²) in [5.41, 5.74) is 6.33. The van der Waals surface area contributed by atoms with Crippen LogP contribution in [-0.4, -0.2) is 4.57 Å². The van der Waals surface area contributed by atoms with Crippen LogP contribution in [0.3, 0.4) is 0 Å². The third-order valence-corrected chi connectivity index (χ3v) is 3.31. The molecule has 1 aromatic heterocycles. The second-order valence-corrected chi connectivity index (χ2v) is 4.73. The van der Waals surface area contributed by atoms with Crippen LogP contribution in [0.15, 0.2) is 21.5 Å². The lowest BCUT2D eigenvalue weighted by molar-refractivity contribution is 0.273. The quantitative estimate of drug-likeness (QED) is 0.880. The van der Waals surface area contributed by atoms with Crippen molar-refractivity contribution in [3.05, 3.63) is 27.1 Å². The molecule has 0 atom stereocenters. The maximum atomic E-state index is 11.7. The molecule has 0 spiro atoms. The number of halogens is 1. The maximum absolute atomic E-state index is 11.7. The number of aromatic nitrogens is 1.